The van der Waals surface area contributed by atoms with E-state index in [2.05, 4.69) is 18.8 Å². The van der Waals surface area contributed by atoms with Crippen LogP contribution in [-0.4, -0.2) is 28.2 Å². The van der Waals surface area contributed by atoms with Gasteiger partial charge in [0.1, 0.15) is 5.82 Å². The Kier molecular flexibility index (Phi) is 6.18. The van der Waals surface area contributed by atoms with Gasteiger partial charge in [-0.25, -0.2) is 14.8 Å². The van der Waals surface area contributed by atoms with Crippen LogP contribution in [0, 0.1) is 0 Å². The average molecular weight is 446 g/mol. The zero-order chi connectivity index (χ0) is 22.7. The number of fused-ring (bicyclic) bond motifs is 1. The lowest BCUT2D eigenvalue weighted by molar-refractivity contribution is 0.0697. The normalized spacial score (nSPS) is 10.8. The molecule has 0 fully saturated rings. The summed E-state index contributed by atoms with van der Waals surface area (Å²) < 4.78 is 5.32. The lowest BCUT2D eigenvalue weighted by atomic mass is 10.1. The van der Waals surface area contributed by atoms with Crippen molar-refractivity contribution in [1.29, 1.82) is 0 Å². The van der Waals surface area contributed by atoms with E-state index >= 15 is 0 Å². The van der Waals surface area contributed by atoms with Gasteiger partial charge < -0.3 is 15.2 Å². The van der Waals surface area contributed by atoms with E-state index in [1.54, 1.807) is 19.2 Å². The van der Waals surface area contributed by atoms with E-state index in [4.69, 9.17) is 14.7 Å². The molecule has 0 unspecified atom stereocenters. The molecule has 0 bridgehead atoms. The van der Waals surface area contributed by atoms with Crippen molar-refractivity contribution in [2.45, 2.75) is 19.8 Å². The molecule has 0 amide bonds. The first-order valence-electron chi connectivity index (χ1n) is 10.2. The van der Waals surface area contributed by atoms with Crippen molar-refractivity contribution in [1.82, 2.24) is 9.97 Å². The maximum atomic E-state index is 11.2. The minimum Gasteiger partial charge on any atom is -0.487 e. The number of benzene rings is 2. The van der Waals surface area contributed by atoms with Crippen LogP contribution in [0.15, 0.2) is 60.5 Å². The molecule has 162 valence electrons. The number of aromatic nitrogens is 2. The standard InChI is InChI=1S/C25H23N3O3S/c1-4-6-20-21(5-2)27-23(18-13-22(31-3)32-14-18)28-24(20)26-19-10-9-15-11-17(25(29)30)8-7-16(15)12-19/h4,7-14H,1,5-6H2,2-3H3,(H,29,30)(H,26,27,28). The van der Waals surface area contributed by atoms with Gasteiger partial charge in [0.05, 0.1) is 12.7 Å². The minimum absolute atomic E-state index is 0.269. The van der Waals surface area contributed by atoms with Gasteiger partial charge in [-0.05, 0) is 47.9 Å². The van der Waals surface area contributed by atoms with Gasteiger partial charge >= 0.3 is 5.97 Å². The number of carboxylic acids is 1. The summed E-state index contributed by atoms with van der Waals surface area (Å²) in [5, 5.41) is 17.3. The Bertz CT molecular complexity index is 1310. The van der Waals surface area contributed by atoms with Gasteiger partial charge in [-0.2, -0.15) is 0 Å². The van der Waals surface area contributed by atoms with E-state index in [1.807, 2.05) is 41.8 Å². The van der Waals surface area contributed by atoms with Crippen molar-refractivity contribution in [2.75, 3.05) is 12.4 Å². The molecule has 2 aromatic carbocycles. The Morgan fingerprint density at radius 3 is 2.66 bits per heavy atom. The fourth-order valence-electron chi connectivity index (χ4n) is 3.55. The first-order valence-corrected chi connectivity index (χ1v) is 11.1. The van der Waals surface area contributed by atoms with Gasteiger partial charge in [-0.3, -0.25) is 0 Å². The molecule has 7 heteroatoms. The number of hydrogen-bond donors (Lipinski definition) is 2. The Morgan fingerprint density at radius 1 is 1.19 bits per heavy atom. The third-order valence-corrected chi connectivity index (χ3v) is 6.05. The first kappa shape index (κ1) is 21.5. The number of thiophene rings is 1. The largest absolute Gasteiger partial charge is 0.487 e. The number of aromatic carboxylic acids is 1. The van der Waals surface area contributed by atoms with Gasteiger partial charge in [0.15, 0.2) is 10.9 Å². The SMILES string of the molecule is C=CCc1c(CC)nc(-c2csc(OC)c2)nc1Nc1ccc2cc(C(=O)O)ccc2c1. The third-order valence-electron chi connectivity index (χ3n) is 5.16. The summed E-state index contributed by atoms with van der Waals surface area (Å²) in [6, 6.07) is 12.9. The zero-order valence-corrected chi connectivity index (χ0v) is 18.7. The smallest absolute Gasteiger partial charge is 0.335 e. The van der Waals surface area contributed by atoms with Crippen LogP contribution in [0.1, 0.15) is 28.5 Å². The summed E-state index contributed by atoms with van der Waals surface area (Å²) in [5.41, 5.74) is 4.02. The number of ether oxygens (including phenoxy) is 1. The molecular weight excluding hydrogens is 422 g/mol. The first-order chi connectivity index (χ1) is 15.5. The number of hydrogen-bond acceptors (Lipinski definition) is 6. The van der Waals surface area contributed by atoms with E-state index in [-0.39, 0.29) is 5.56 Å². The molecule has 32 heavy (non-hydrogen) atoms. The highest BCUT2D eigenvalue weighted by Crippen LogP contribution is 2.32. The lowest BCUT2D eigenvalue weighted by Gasteiger charge is -2.15. The van der Waals surface area contributed by atoms with Gasteiger partial charge in [-0.15, -0.1) is 17.9 Å². The van der Waals surface area contributed by atoms with Crippen LogP contribution < -0.4 is 10.1 Å². The Morgan fingerprint density at radius 2 is 1.97 bits per heavy atom. The topological polar surface area (TPSA) is 84.3 Å². The van der Waals surface area contributed by atoms with Crippen LogP contribution in [0.4, 0.5) is 11.5 Å². The number of carbonyl (C=O) groups is 1. The second-order valence-corrected chi connectivity index (χ2v) is 8.11. The third kappa shape index (κ3) is 4.33. The molecule has 6 nitrogen and oxygen atoms in total. The van der Waals surface area contributed by atoms with Gasteiger partial charge in [0, 0.05) is 34.0 Å². The molecule has 0 aliphatic rings. The summed E-state index contributed by atoms with van der Waals surface area (Å²) in [6.07, 6.45) is 3.27. The molecular formula is C25H23N3O3S. The number of aryl methyl sites for hydroxylation is 1. The number of nitrogens with one attached hydrogen (secondary N) is 1. The van der Waals surface area contributed by atoms with Crippen molar-refractivity contribution in [3.05, 3.63) is 77.3 Å². The Hall–Kier alpha value is -3.71. The van der Waals surface area contributed by atoms with Crippen LogP contribution in [0.2, 0.25) is 0 Å². The molecule has 0 aliphatic carbocycles. The van der Waals surface area contributed by atoms with E-state index in [0.29, 0.717) is 12.2 Å². The second-order valence-electron chi connectivity index (χ2n) is 7.23. The van der Waals surface area contributed by atoms with Crippen molar-refractivity contribution in [2.24, 2.45) is 0 Å². The highest BCUT2D eigenvalue weighted by Gasteiger charge is 2.16. The van der Waals surface area contributed by atoms with E-state index in [9.17, 15) is 9.90 Å². The molecule has 0 spiro atoms. The quantitative estimate of drug-likeness (QED) is 0.319. The fourth-order valence-corrected chi connectivity index (χ4v) is 4.26. The zero-order valence-electron chi connectivity index (χ0n) is 17.9. The molecule has 0 saturated carbocycles. The summed E-state index contributed by atoms with van der Waals surface area (Å²) in [4.78, 5) is 20.9. The predicted octanol–water partition coefficient (Wildman–Crippen LogP) is 6.10. The fraction of sp³-hybridized carbons (Fsp3) is 0.160. The number of methoxy groups -OCH3 is 1. The predicted molar refractivity (Wildman–Crippen MR) is 129 cm³/mol. The minimum atomic E-state index is -0.936. The lowest BCUT2D eigenvalue weighted by Crippen LogP contribution is -2.07. The summed E-state index contributed by atoms with van der Waals surface area (Å²) in [6.45, 7) is 5.97. The summed E-state index contributed by atoms with van der Waals surface area (Å²) >= 11 is 1.51. The van der Waals surface area contributed by atoms with E-state index < -0.39 is 5.97 Å². The molecule has 0 aliphatic heterocycles. The van der Waals surface area contributed by atoms with Crippen LogP contribution in [-0.2, 0) is 12.8 Å². The van der Waals surface area contributed by atoms with Gasteiger partial charge in [0.2, 0.25) is 0 Å². The number of carboxylic acid groups (broad SMARTS) is 1. The van der Waals surface area contributed by atoms with E-state index in [0.717, 1.165) is 50.6 Å². The van der Waals surface area contributed by atoms with Gasteiger partial charge in [-0.1, -0.05) is 25.1 Å². The molecule has 0 atom stereocenters. The molecule has 0 radical (unpaired) electrons. The average Bonchev–Trinajstić information content (AvgIpc) is 3.29. The molecule has 2 heterocycles. The molecule has 4 rings (SSSR count). The van der Waals surface area contributed by atoms with Crippen LogP contribution in [0.25, 0.3) is 22.2 Å². The van der Waals surface area contributed by atoms with Crippen LogP contribution in [0.5, 0.6) is 5.06 Å². The van der Waals surface area contributed by atoms with Crippen molar-refractivity contribution < 1.29 is 14.6 Å². The van der Waals surface area contributed by atoms with Crippen molar-refractivity contribution in [3.63, 3.8) is 0 Å². The molecule has 0 saturated heterocycles. The second kappa shape index (κ2) is 9.20. The monoisotopic (exact) mass is 445 g/mol. The number of allylic oxidation sites excluding steroid dienone is 1. The summed E-state index contributed by atoms with van der Waals surface area (Å²) in [7, 11) is 1.65. The Balaban J connectivity index is 1.76. The molecule has 4 aromatic rings. The van der Waals surface area contributed by atoms with E-state index in [1.165, 1.54) is 11.3 Å². The number of nitrogens with zero attached hydrogens (tertiary/aromatic N) is 2. The highest BCUT2D eigenvalue weighted by atomic mass is 32.1. The van der Waals surface area contributed by atoms with Crippen molar-refractivity contribution in [3.8, 4) is 16.5 Å². The molecule has 2 aromatic heterocycles. The molecule has 2 N–H and O–H groups in total. The van der Waals surface area contributed by atoms with Crippen molar-refractivity contribution >= 4 is 39.6 Å². The maximum absolute atomic E-state index is 11.2. The number of rotatable bonds is 8. The van der Waals surface area contributed by atoms with Crippen LogP contribution >= 0.6 is 11.3 Å². The Labute approximate surface area is 190 Å². The highest BCUT2D eigenvalue weighted by molar-refractivity contribution is 7.12. The number of anilines is 2. The maximum Gasteiger partial charge on any atom is 0.335 e. The van der Waals surface area contributed by atoms with Gasteiger partial charge in [0.25, 0.3) is 0 Å². The summed E-state index contributed by atoms with van der Waals surface area (Å²) in [5.74, 6) is 0.441. The van der Waals surface area contributed by atoms with Crippen LogP contribution in [0.3, 0.4) is 0 Å².